The number of rotatable bonds is 6. The molecule has 0 heterocycles. The van der Waals surface area contributed by atoms with E-state index in [0.29, 0.717) is 16.7 Å². The molecule has 17 heavy (non-hydrogen) atoms. The van der Waals surface area contributed by atoms with E-state index in [0.717, 1.165) is 12.2 Å². The van der Waals surface area contributed by atoms with Crippen molar-refractivity contribution in [2.24, 2.45) is 0 Å². The van der Waals surface area contributed by atoms with E-state index in [1.807, 2.05) is 6.26 Å². The highest BCUT2D eigenvalue weighted by Crippen LogP contribution is 2.22. The number of nitrogen functional groups attached to an aromatic ring is 1. The fourth-order valence-corrected chi connectivity index (χ4v) is 3.24. The van der Waals surface area contributed by atoms with Crippen LogP contribution in [-0.4, -0.2) is 27.0 Å². The first-order valence-electron chi connectivity index (χ1n) is 5.01. The number of nitrogens with one attached hydrogen (secondary N) is 1. The molecular formula is C10H15BrN2O2S2. The van der Waals surface area contributed by atoms with E-state index in [2.05, 4.69) is 20.7 Å². The number of anilines is 1. The van der Waals surface area contributed by atoms with Crippen LogP contribution < -0.4 is 10.5 Å². The smallest absolute Gasteiger partial charge is 0.240 e. The Morgan fingerprint density at radius 2 is 2.18 bits per heavy atom. The van der Waals surface area contributed by atoms with Crippen molar-refractivity contribution >= 4 is 43.4 Å². The van der Waals surface area contributed by atoms with Gasteiger partial charge in [-0.3, -0.25) is 0 Å². The van der Waals surface area contributed by atoms with E-state index in [4.69, 9.17) is 5.73 Å². The van der Waals surface area contributed by atoms with Crippen molar-refractivity contribution in [1.82, 2.24) is 4.72 Å². The topological polar surface area (TPSA) is 72.2 Å². The Balaban J connectivity index is 2.72. The van der Waals surface area contributed by atoms with Gasteiger partial charge in [-0.05, 0) is 52.6 Å². The number of halogens is 1. The largest absolute Gasteiger partial charge is 0.398 e. The molecule has 0 radical (unpaired) electrons. The third kappa shape index (κ3) is 4.50. The van der Waals surface area contributed by atoms with Crippen molar-refractivity contribution in [2.75, 3.05) is 24.3 Å². The number of hydrogen-bond donors (Lipinski definition) is 2. The molecule has 0 amide bonds. The van der Waals surface area contributed by atoms with Crippen molar-refractivity contribution in [2.45, 2.75) is 11.3 Å². The fourth-order valence-electron chi connectivity index (χ4n) is 1.18. The maximum absolute atomic E-state index is 11.9. The summed E-state index contributed by atoms with van der Waals surface area (Å²) in [6.07, 6.45) is 2.81. The maximum atomic E-state index is 11.9. The van der Waals surface area contributed by atoms with Crippen molar-refractivity contribution in [3.05, 3.63) is 22.7 Å². The third-order valence-electron chi connectivity index (χ3n) is 2.10. The van der Waals surface area contributed by atoms with Gasteiger partial charge >= 0.3 is 0 Å². The molecule has 0 aliphatic rings. The van der Waals surface area contributed by atoms with Gasteiger partial charge in [-0.1, -0.05) is 0 Å². The quantitative estimate of drug-likeness (QED) is 0.615. The van der Waals surface area contributed by atoms with Crippen molar-refractivity contribution in [1.29, 1.82) is 0 Å². The number of thioether (sulfide) groups is 1. The zero-order valence-electron chi connectivity index (χ0n) is 9.44. The molecule has 0 aromatic heterocycles. The van der Waals surface area contributed by atoms with Gasteiger partial charge in [0.25, 0.3) is 0 Å². The molecule has 0 aliphatic heterocycles. The average Bonchev–Trinajstić information content (AvgIpc) is 2.28. The van der Waals surface area contributed by atoms with E-state index in [9.17, 15) is 8.42 Å². The summed E-state index contributed by atoms with van der Waals surface area (Å²) in [5.74, 6) is 0.938. The molecule has 0 saturated carbocycles. The number of nitrogens with two attached hydrogens (primary N) is 1. The Kier molecular flexibility index (Phi) is 5.78. The molecule has 1 aromatic carbocycles. The predicted octanol–water partition coefficient (Wildman–Crippen LogP) is 2.06. The molecule has 0 aliphatic carbocycles. The van der Waals surface area contributed by atoms with Gasteiger partial charge in [0.05, 0.1) is 4.90 Å². The summed E-state index contributed by atoms with van der Waals surface area (Å²) in [4.78, 5) is 0.225. The van der Waals surface area contributed by atoms with Crippen LogP contribution in [-0.2, 0) is 10.0 Å². The van der Waals surface area contributed by atoms with Gasteiger partial charge in [-0.2, -0.15) is 11.8 Å². The molecule has 3 N–H and O–H groups in total. The summed E-state index contributed by atoms with van der Waals surface area (Å²) >= 11 is 4.90. The molecule has 0 spiro atoms. The van der Waals surface area contributed by atoms with Crippen LogP contribution in [0.1, 0.15) is 6.42 Å². The van der Waals surface area contributed by atoms with Crippen LogP contribution in [0.15, 0.2) is 27.6 Å². The van der Waals surface area contributed by atoms with Crippen molar-refractivity contribution in [3.63, 3.8) is 0 Å². The summed E-state index contributed by atoms with van der Waals surface area (Å²) < 4.78 is 26.9. The molecule has 1 rings (SSSR count). The van der Waals surface area contributed by atoms with E-state index in [1.165, 1.54) is 12.1 Å². The van der Waals surface area contributed by atoms with Crippen LogP contribution in [0, 0.1) is 0 Å². The lowest BCUT2D eigenvalue weighted by molar-refractivity contribution is 0.581. The molecule has 0 fully saturated rings. The summed E-state index contributed by atoms with van der Waals surface area (Å²) in [6, 6.07) is 4.57. The molecule has 0 unspecified atom stereocenters. The first-order valence-corrected chi connectivity index (χ1v) is 8.68. The van der Waals surface area contributed by atoms with Crippen LogP contribution in [0.5, 0.6) is 0 Å². The second kappa shape index (κ2) is 6.63. The van der Waals surface area contributed by atoms with E-state index < -0.39 is 10.0 Å². The molecule has 1 aromatic rings. The Labute approximate surface area is 115 Å². The van der Waals surface area contributed by atoms with Crippen molar-refractivity contribution in [3.8, 4) is 0 Å². The number of hydrogen-bond acceptors (Lipinski definition) is 4. The normalized spacial score (nSPS) is 11.6. The second-order valence-electron chi connectivity index (χ2n) is 3.43. The molecule has 0 atom stereocenters. The minimum Gasteiger partial charge on any atom is -0.398 e. The van der Waals surface area contributed by atoms with Gasteiger partial charge in [0.1, 0.15) is 0 Å². The van der Waals surface area contributed by atoms with E-state index in [-0.39, 0.29) is 4.90 Å². The third-order valence-corrected chi connectivity index (χ3v) is 4.94. The molecule has 4 nitrogen and oxygen atoms in total. The van der Waals surface area contributed by atoms with Gasteiger partial charge < -0.3 is 5.73 Å². The summed E-state index contributed by atoms with van der Waals surface area (Å²) in [6.45, 7) is 0.450. The van der Waals surface area contributed by atoms with Crippen LogP contribution in [0.2, 0.25) is 0 Å². The van der Waals surface area contributed by atoms with Gasteiger partial charge in [-0.25, -0.2) is 13.1 Å². The maximum Gasteiger partial charge on any atom is 0.240 e. The predicted molar refractivity (Wildman–Crippen MR) is 76.7 cm³/mol. The SMILES string of the molecule is CSCCCNS(=O)(=O)c1ccc(N)c(Br)c1. The second-order valence-corrected chi connectivity index (χ2v) is 7.03. The zero-order chi connectivity index (χ0) is 12.9. The van der Waals surface area contributed by atoms with Gasteiger partial charge in [0.2, 0.25) is 10.0 Å². The average molecular weight is 339 g/mol. The van der Waals surface area contributed by atoms with Gasteiger partial charge in [0, 0.05) is 16.7 Å². The van der Waals surface area contributed by atoms with E-state index >= 15 is 0 Å². The lowest BCUT2D eigenvalue weighted by atomic mass is 10.3. The monoisotopic (exact) mass is 338 g/mol. The lowest BCUT2D eigenvalue weighted by Crippen LogP contribution is -2.25. The first-order chi connectivity index (χ1) is 7.97. The van der Waals surface area contributed by atoms with E-state index in [1.54, 1.807) is 17.8 Å². The van der Waals surface area contributed by atoms with Gasteiger partial charge in [0.15, 0.2) is 0 Å². The highest BCUT2D eigenvalue weighted by molar-refractivity contribution is 9.10. The van der Waals surface area contributed by atoms with Crippen LogP contribution in [0.3, 0.4) is 0 Å². The lowest BCUT2D eigenvalue weighted by Gasteiger charge is -2.07. The minimum absolute atomic E-state index is 0.225. The molecule has 0 bridgehead atoms. The Morgan fingerprint density at radius 1 is 1.47 bits per heavy atom. The first kappa shape index (κ1) is 14.8. The van der Waals surface area contributed by atoms with Gasteiger partial charge in [-0.15, -0.1) is 0 Å². The van der Waals surface area contributed by atoms with Crippen LogP contribution in [0.4, 0.5) is 5.69 Å². The number of sulfonamides is 1. The summed E-state index contributed by atoms with van der Waals surface area (Å²) in [5.41, 5.74) is 6.13. The Bertz CT molecular complexity index is 477. The molecule has 0 saturated heterocycles. The number of benzene rings is 1. The van der Waals surface area contributed by atoms with Crippen LogP contribution >= 0.6 is 27.7 Å². The standard InChI is InChI=1S/C10H15BrN2O2S2/c1-16-6-2-5-13-17(14,15)8-3-4-10(12)9(11)7-8/h3-4,7,13H,2,5-6,12H2,1H3. The van der Waals surface area contributed by atoms with Crippen molar-refractivity contribution < 1.29 is 8.42 Å². The molecular weight excluding hydrogens is 324 g/mol. The highest BCUT2D eigenvalue weighted by atomic mass is 79.9. The zero-order valence-corrected chi connectivity index (χ0v) is 12.7. The Hall–Kier alpha value is -0.240. The molecule has 7 heteroatoms. The minimum atomic E-state index is -3.42. The summed E-state index contributed by atoms with van der Waals surface area (Å²) in [5, 5.41) is 0. The fraction of sp³-hybridized carbons (Fsp3) is 0.400. The Morgan fingerprint density at radius 3 is 2.76 bits per heavy atom. The van der Waals surface area contributed by atoms with Crippen LogP contribution in [0.25, 0.3) is 0 Å². The molecule has 96 valence electrons. The highest BCUT2D eigenvalue weighted by Gasteiger charge is 2.14. The summed E-state index contributed by atoms with van der Waals surface area (Å²) in [7, 11) is -3.42.